The number of furan rings is 1. The summed E-state index contributed by atoms with van der Waals surface area (Å²) < 4.78 is 20.2. The molecule has 35 heavy (non-hydrogen) atoms. The van der Waals surface area contributed by atoms with Gasteiger partial charge in [-0.15, -0.1) is 0 Å². The Balaban J connectivity index is 1.45. The van der Waals surface area contributed by atoms with Gasteiger partial charge in [0, 0.05) is 30.8 Å². The molecule has 0 spiro atoms. The number of carbonyl (C=O) groups excluding carboxylic acids is 1. The fraction of sp³-hybridized carbons (Fsp3) is 0.222. The van der Waals surface area contributed by atoms with Crippen molar-refractivity contribution in [3.63, 3.8) is 0 Å². The van der Waals surface area contributed by atoms with Gasteiger partial charge in [-0.25, -0.2) is 9.37 Å². The van der Waals surface area contributed by atoms with Crippen molar-refractivity contribution in [2.75, 3.05) is 6.54 Å². The number of rotatable bonds is 7. The smallest absolute Gasteiger partial charge is 0.257 e. The van der Waals surface area contributed by atoms with E-state index in [1.165, 1.54) is 28.5 Å². The molecule has 0 atom stereocenters. The molecule has 1 aliphatic heterocycles. The second kappa shape index (κ2) is 10.1. The van der Waals surface area contributed by atoms with Crippen molar-refractivity contribution in [1.82, 2.24) is 19.8 Å². The Morgan fingerprint density at radius 3 is 2.60 bits per heavy atom. The maximum Gasteiger partial charge on any atom is 0.257 e. The molecule has 0 radical (unpaired) electrons. The number of hydrogen-bond acceptors (Lipinski definition) is 5. The maximum absolute atomic E-state index is 13.6. The number of halogens is 1. The summed E-state index contributed by atoms with van der Waals surface area (Å²) in [6.07, 6.45) is 2.08. The van der Waals surface area contributed by atoms with E-state index in [-0.39, 0.29) is 30.4 Å². The summed E-state index contributed by atoms with van der Waals surface area (Å²) in [4.78, 5) is 33.3. The van der Waals surface area contributed by atoms with Crippen LogP contribution in [-0.2, 0) is 37.4 Å². The number of fused-ring (bicyclic) bond motifs is 1. The zero-order valence-corrected chi connectivity index (χ0v) is 19.1. The van der Waals surface area contributed by atoms with Crippen LogP contribution < -0.4 is 10.9 Å². The molecule has 1 N–H and O–H groups in total. The molecular weight excluding hydrogens is 447 g/mol. The fourth-order valence-electron chi connectivity index (χ4n) is 4.32. The van der Waals surface area contributed by atoms with Crippen molar-refractivity contribution in [3.05, 3.63) is 112 Å². The van der Waals surface area contributed by atoms with E-state index in [2.05, 4.69) is 22.3 Å². The molecule has 0 unspecified atom stereocenters. The van der Waals surface area contributed by atoms with Crippen molar-refractivity contribution < 1.29 is 13.6 Å². The van der Waals surface area contributed by atoms with Gasteiger partial charge in [0.2, 0.25) is 5.91 Å². The molecule has 0 aliphatic carbocycles. The molecule has 5 rings (SSSR count). The van der Waals surface area contributed by atoms with Crippen molar-refractivity contribution >= 4 is 5.91 Å². The first kappa shape index (κ1) is 22.7. The monoisotopic (exact) mass is 472 g/mol. The average molecular weight is 473 g/mol. The highest BCUT2D eigenvalue weighted by Crippen LogP contribution is 2.22. The predicted octanol–water partition coefficient (Wildman–Crippen LogP) is 3.52. The second-order valence-corrected chi connectivity index (χ2v) is 8.56. The van der Waals surface area contributed by atoms with Crippen molar-refractivity contribution in [1.29, 1.82) is 0 Å². The van der Waals surface area contributed by atoms with Crippen LogP contribution in [0.1, 0.15) is 22.6 Å². The van der Waals surface area contributed by atoms with Crippen LogP contribution in [0.3, 0.4) is 0 Å². The largest absolute Gasteiger partial charge is 0.467 e. The Bertz CT molecular complexity index is 1370. The SMILES string of the molecule is O=C(Cn1c(-c2ccc(F)cc2)nc2c(c1=O)CCN(Cc1ccccc1)C2)NCc1ccco1. The minimum atomic E-state index is -0.383. The first-order chi connectivity index (χ1) is 17.1. The van der Waals surface area contributed by atoms with Gasteiger partial charge in [-0.2, -0.15) is 0 Å². The molecule has 1 amide bonds. The van der Waals surface area contributed by atoms with Gasteiger partial charge in [-0.3, -0.25) is 19.1 Å². The molecule has 0 bridgehead atoms. The lowest BCUT2D eigenvalue weighted by Gasteiger charge is -2.29. The van der Waals surface area contributed by atoms with Gasteiger partial charge in [0.15, 0.2) is 0 Å². The number of nitrogens with zero attached hydrogens (tertiary/aromatic N) is 3. The van der Waals surface area contributed by atoms with Crippen LogP contribution in [0.15, 0.2) is 82.2 Å². The van der Waals surface area contributed by atoms with E-state index in [4.69, 9.17) is 9.40 Å². The molecule has 3 heterocycles. The predicted molar refractivity (Wildman–Crippen MR) is 129 cm³/mol. The number of hydrogen-bond donors (Lipinski definition) is 1. The summed E-state index contributed by atoms with van der Waals surface area (Å²) in [6, 6.07) is 19.5. The third-order valence-electron chi connectivity index (χ3n) is 6.09. The van der Waals surface area contributed by atoms with Gasteiger partial charge in [0.05, 0.1) is 18.5 Å². The van der Waals surface area contributed by atoms with Gasteiger partial charge in [0.1, 0.15) is 23.9 Å². The molecular formula is C27H25FN4O3. The Morgan fingerprint density at radius 2 is 1.86 bits per heavy atom. The van der Waals surface area contributed by atoms with E-state index < -0.39 is 0 Å². The molecule has 0 saturated heterocycles. The molecule has 8 heteroatoms. The first-order valence-electron chi connectivity index (χ1n) is 11.5. The van der Waals surface area contributed by atoms with E-state index in [0.717, 1.165) is 13.1 Å². The lowest BCUT2D eigenvalue weighted by atomic mass is 10.0. The van der Waals surface area contributed by atoms with E-state index in [0.29, 0.717) is 41.4 Å². The zero-order chi connectivity index (χ0) is 24.2. The van der Waals surface area contributed by atoms with E-state index >= 15 is 0 Å². The topological polar surface area (TPSA) is 80.4 Å². The number of benzene rings is 2. The Kier molecular flexibility index (Phi) is 6.54. The van der Waals surface area contributed by atoms with Gasteiger partial charge in [0.25, 0.3) is 5.56 Å². The summed E-state index contributed by atoms with van der Waals surface area (Å²) in [6.45, 7) is 2.03. The number of aromatic nitrogens is 2. The Morgan fingerprint density at radius 1 is 1.06 bits per heavy atom. The van der Waals surface area contributed by atoms with Gasteiger partial charge < -0.3 is 9.73 Å². The van der Waals surface area contributed by atoms with Crippen LogP contribution in [0.2, 0.25) is 0 Å². The molecule has 0 saturated carbocycles. The average Bonchev–Trinajstić information content (AvgIpc) is 3.39. The number of amides is 1. The summed E-state index contributed by atoms with van der Waals surface area (Å²) in [5.41, 5.74) is 2.85. The van der Waals surface area contributed by atoms with Crippen LogP contribution in [0, 0.1) is 5.82 Å². The lowest BCUT2D eigenvalue weighted by molar-refractivity contribution is -0.121. The highest BCUT2D eigenvalue weighted by atomic mass is 19.1. The summed E-state index contributed by atoms with van der Waals surface area (Å²) >= 11 is 0. The van der Waals surface area contributed by atoms with Crippen molar-refractivity contribution in [2.24, 2.45) is 0 Å². The maximum atomic E-state index is 13.6. The zero-order valence-electron chi connectivity index (χ0n) is 19.1. The summed E-state index contributed by atoms with van der Waals surface area (Å²) in [7, 11) is 0. The van der Waals surface area contributed by atoms with Crippen LogP contribution in [0.25, 0.3) is 11.4 Å². The van der Waals surface area contributed by atoms with Crippen molar-refractivity contribution in [2.45, 2.75) is 32.6 Å². The summed E-state index contributed by atoms with van der Waals surface area (Å²) in [5, 5.41) is 2.77. The lowest BCUT2D eigenvalue weighted by Crippen LogP contribution is -2.40. The minimum absolute atomic E-state index is 0.194. The molecule has 178 valence electrons. The normalized spacial score (nSPS) is 13.4. The first-order valence-corrected chi connectivity index (χ1v) is 11.5. The third-order valence-corrected chi connectivity index (χ3v) is 6.09. The summed E-state index contributed by atoms with van der Waals surface area (Å²) in [5.74, 6) is 0.246. The molecule has 7 nitrogen and oxygen atoms in total. The van der Waals surface area contributed by atoms with E-state index in [9.17, 15) is 14.0 Å². The van der Waals surface area contributed by atoms with Crippen LogP contribution in [0.4, 0.5) is 4.39 Å². The standard InChI is InChI=1S/C27H25FN4O3/c28-21-10-8-20(9-11-21)26-30-24-17-31(16-19-5-2-1-3-6-19)13-12-23(24)27(34)32(26)18-25(33)29-15-22-7-4-14-35-22/h1-11,14H,12-13,15-18H2,(H,29,33). The Labute approximate surface area is 201 Å². The fourth-order valence-corrected chi connectivity index (χ4v) is 4.32. The number of nitrogens with one attached hydrogen (secondary N) is 1. The molecule has 1 aliphatic rings. The van der Waals surface area contributed by atoms with Crippen LogP contribution >= 0.6 is 0 Å². The van der Waals surface area contributed by atoms with Gasteiger partial charge in [-0.1, -0.05) is 30.3 Å². The van der Waals surface area contributed by atoms with Crippen molar-refractivity contribution in [3.8, 4) is 11.4 Å². The minimum Gasteiger partial charge on any atom is -0.467 e. The van der Waals surface area contributed by atoms with E-state index in [1.807, 2.05) is 18.2 Å². The molecule has 2 aromatic heterocycles. The third kappa shape index (κ3) is 5.22. The van der Waals surface area contributed by atoms with E-state index in [1.54, 1.807) is 24.3 Å². The van der Waals surface area contributed by atoms with Gasteiger partial charge in [-0.05, 0) is 48.4 Å². The quantitative estimate of drug-likeness (QED) is 0.445. The molecule has 4 aromatic rings. The Hall–Kier alpha value is -4.04. The molecule has 0 fully saturated rings. The van der Waals surface area contributed by atoms with Crippen LogP contribution in [0.5, 0.6) is 0 Å². The highest BCUT2D eigenvalue weighted by molar-refractivity contribution is 5.76. The van der Waals surface area contributed by atoms with Gasteiger partial charge >= 0.3 is 0 Å². The molecule has 2 aromatic carbocycles. The number of carbonyl (C=O) groups is 1. The highest BCUT2D eigenvalue weighted by Gasteiger charge is 2.25. The van der Waals surface area contributed by atoms with Crippen LogP contribution in [-0.4, -0.2) is 26.9 Å². The second-order valence-electron chi connectivity index (χ2n) is 8.56.